The fraction of sp³-hybridized carbons (Fsp3) is 0.375. The fourth-order valence-corrected chi connectivity index (χ4v) is 3.44. The van der Waals surface area contributed by atoms with Crippen LogP contribution in [0.25, 0.3) is 0 Å². The van der Waals surface area contributed by atoms with E-state index in [1.165, 1.54) is 12.1 Å². The Bertz CT molecular complexity index is 777. The Morgan fingerprint density at radius 2 is 1.92 bits per heavy atom. The number of alkyl halides is 3. The minimum Gasteiger partial charge on any atom is -0.392 e. The zero-order valence-corrected chi connectivity index (χ0v) is 12.8. The quantitative estimate of drug-likeness (QED) is 0.782. The van der Waals surface area contributed by atoms with Crippen LogP contribution in [0.2, 0.25) is 0 Å². The predicted octanol–water partition coefficient (Wildman–Crippen LogP) is 2.62. The number of fused-ring (bicyclic) bond motifs is 1. The van der Waals surface area contributed by atoms with E-state index in [0.717, 1.165) is 6.07 Å². The summed E-state index contributed by atoms with van der Waals surface area (Å²) in [5, 5.41) is 9.55. The van der Waals surface area contributed by atoms with Crippen LogP contribution < -0.4 is 11.5 Å². The minimum atomic E-state index is -4.53. The molecule has 2 aromatic rings. The molecule has 0 saturated heterocycles. The predicted molar refractivity (Wildman–Crippen MR) is 83.0 cm³/mol. The monoisotopic (exact) mass is 338 g/mol. The maximum Gasteiger partial charge on any atom is 0.416 e. The van der Waals surface area contributed by atoms with E-state index in [4.69, 9.17) is 11.5 Å². The third-order valence-electron chi connectivity index (χ3n) is 4.35. The first-order valence-electron chi connectivity index (χ1n) is 7.54. The van der Waals surface area contributed by atoms with Crippen LogP contribution in [0.15, 0.2) is 18.2 Å². The Morgan fingerprint density at radius 1 is 1.17 bits per heavy atom. The van der Waals surface area contributed by atoms with Gasteiger partial charge in [0.1, 0.15) is 5.82 Å². The Kier molecular flexibility index (Phi) is 4.08. The van der Waals surface area contributed by atoms with Gasteiger partial charge in [-0.05, 0) is 36.5 Å². The number of hydrogen-bond donors (Lipinski definition) is 3. The van der Waals surface area contributed by atoms with Crippen LogP contribution in [-0.4, -0.2) is 15.1 Å². The molecule has 24 heavy (non-hydrogen) atoms. The highest BCUT2D eigenvalue weighted by Crippen LogP contribution is 2.45. The summed E-state index contributed by atoms with van der Waals surface area (Å²) in [6.07, 6.45) is -2.80. The van der Waals surface area contributed by atoms with Crippen LogP contribution in [0.1, 0.15) is 46.7 Å². The smallest absolute Gasteiger partial charge is 0.392 e. The third kappa shape index (κ3) is 2.77. The maximum atomic E-state index is 13.5. The van der Waals surface area contributed by atoms with Gasteiger partial charge in [0, 0.05) is 11.5 Å². The van der Waals surface area contributed by atoms with Crippen LogP contribution in [0.5, 0.6) is 0 Å². The molecule has 1 aromatic heterocycles. The SMILES string of the molecule is Nc1nc(N)c2c(n1)CCCC2c1c(CO)cccc1C(F)(F)F. The lowest BCUT2D eigenvalue weighted by Gasteiger charge is -2.29. The molecule has 0 fully saturated rings. The lowest BCUT2D eigenvalue weighted by Crippen LogP contribution is -2.22. The van der Waals surface area contributed by atoms with E-state index in [2.05, 4.69) is 9.97 Å². The fourth-order valence-electron chi connectivity index (χ4n) is 3.44. The summed E-state index contributed by atoms with van der Waals surface area (Å²) >= 11 is 0. The first-order valence-corrected chi connectivity index (χ1v) is 7.54. The van der Waals surface area contributed by atoms with Crippen LogP contribution in [0.4, 0.5) is 24.9 Å². The number of hydrogen-bond acceptors (Lipinski definition) is 5. The lowest BCUT2D eigenvalue weighted by molar-refractivity contribution is -0.138. The summed E-state index contributed by atoms with van der Waals surface area (Å²) < 4.78 is 40.5. The molecule has 0 aliphatic heterocycles. The van der Waals surface area contributed by atoms with Crippen molar-refractivity contribution < 1.29 is 18.3 Å². The largest absolute Gasteiger partial charge is 0.416 e. The summed E-state index contributed by atoms with van der Waals surface area (Å²) in [4.78, 5) is 8.05. The van der Waals surface area contributed by atoms with Gasteiger partial charge < -0.3 is 16.6 Å². The van der Waals surface area contributed by atoms with E-state index in [0.29, 0.717) is 30.5 Å². The van der Waals surface area contributed by atoms with Gasteiger partial charge in [0.15, 0.2) is 0 Å². The van der Waals surface area contributed by atoms with E-state index in [-0.39, 0.29) is 22.9 Å². The Labute approximate surface area is 136 Å². The summed E-state index contributed by atoms with van der Waals surface area (Å²) in [6, 6.07) is 3.81. The summed E-state index contributed by atoms with van der Waals surface area (Å²) in [6.45, 7) is -0.485. The summed E-state index contributed by atoms with van der Waals surface area (Å²) in [7, 11) is 0. The third-order valence-corrected chi connectivity index (χ3v) is 4.35. The molecule has 0 bridgehead atoms. The standard InChI is InChI=1S/C16H17F3N4O/c17-16(18,19)10-5-1-3-8(7-24)12(10)9-4-2-6-11-13(9)14(20)23-15(21)22-11/h1,3,5,9,24H,2,4,6-7H2,(H4,20,21,22,23). The van der Waals surface area contributed by atoms with Gasteiger partial charge in [0.05, 0.1) is 17.9 Å². The Hall–Kier alpha value is -2.35. The normalized spacial score (nSPS) is 17.6. The molecule has 1 heterocycles. The average molecular weight is 338 g/mol. The maximum absolute atomic E-state index is 13.5. The van der Waals surface area contributed by atoms with E-state index >= 15 is 0 Å². The molecule has 0 amide bonds. The number of aryl methyl sites for hydroxylation is 1. The van der Waals surface area contributed by atoms with Crippen LogP contribution >= 0.6 is 0 Å². The Morgan fingerprint density at radius 3 is 2.58 bits per heavy atom. The van der Waals surface area contributed by atoms with Crippen molar-refractivity contribution in [3.05, 3.63) is 46.1 Å². The van der Waals surface area contributed by atoms with Crippen LogP contribution in [0.3, 0.4) is 0 Å². The highest BCUT2D eigenvalue weighted by Gasteiger charge is 2.38. The highest BCUT2D eigenvalue weighted by atomic mass is 19.4. The molecule has 1 unspecified atom stereocenters. The van der Waals surface area contributed by atoms with E-state index in [9.17, 15) is 18.3 Å². The minimum absolute atomic E-state index is 0.0124. The Balaban J connectivity index is 2.26. The number of aliphatic hydroxyl groups excluding tert-OH is 1. The van der Waals surface area contributed by atoms with Gasteiger partial charge in [-0.25, -0.2) is 4.98 Å². The molecule has 8 heteroatoms. The van der Waals surface area contributed by atoms with E-state index < -0.39 is 24.3 Å². The number of nitrogens with two attached hydrogens (primary N) is 2. The molecule has 0 saturated carbocycles. The zero-order valence-electron chi connectivity index (χ0n) is 12.8. The van der Waals surface area contributed by atoms with Crippen molar-refractivity contribution >= 4 is 11.8 Å². The number of benzene rings is 1. The number of rotatable bonds is 2. The first-order chi connectivity index (χ1) is 11.3. The highest BCUT2D eigenvalue weighted by molar-refractivity contribution is 5.55. The van der Waals surface area contributed by atoms with Gasteiger partial charge in [0.25, 0.3) is 0 Å². The molecular weight excluding hydrogens is 321 g/mol. The topological polar surface area (TPSA) is 98.0 Å². The van der Waals surface area contributed by atoms with Crippen molar-refractivity contribution in [2.75, 3.05) is 11.5 Å². The van der Waals surface area contributed by atoms with Crippen LogP contribution in [-0.2, 0) is 19.2 Å². The van der Waals surface area contributed by atoms with Gasteiger partial charge in [-0.2, -0.15) is 18.2 Å². The molecule has 1 aromatic carbocycles. The molecule has 0 spiro atoms. The molecule has 0 radical (unpaired) electrons. The van der Waals surface area contributed by atoms with Crippen molar-refractivity contribution in [3.8, 4) is 0 Å². The van der Waals surface area contributed by atoms with Crippen molar-refractivity contribution in [1.82, 2.24) is 9.97 Å². The van der Waals surface area contributed by atoms with Gasteiger partial charge in [-0.3, -0.25) is 0 Å². The first kappa shape index (κ1) is 16.5. The van der Waals surface area contributed by atoms with Crippen molar-refractivity contribution in [1.29, 1.82) is 0 Å². The van der Waals surface area contributed by atoms with Gasteiger partial charge in [-0.15, -0.1) is 0 Å². The molecule has 1 atom stereocenters. The van der Waals surface area contributed by atoms with Gasteiger partial charge in [0.2, 0.25) is 5.95 Å². The van der Waals surface area contributed by atoms with Crippen molar-refractivity contribution in [2.24, 2.45) is 0 Å². The molecule has 128 valence electrons. The van der Waals surface area contributed by atoms with Gasteiger partial charge >= 0.3 is 6.18 Å². The lowest BCUT2D eigenvalue weighted by atomic mass is 9.77. The van der Waals surface area contributed by atoms with Crippen LogP contribution in [0, 0.1) is 0 Å². The summed E-state index contributed by atoms with van der Waals surface area (Å²) in [5.74, 6) is -0.504. The molecule has 1 aliphatic rings. The molecule has 1 aliphatic carbocycles. The number of aromatic nitrogens is 2. The number of nitrogens with zero attached hydrogens (tertiary/aromatic N) is 2. The summed E-state index contributed by atoms with van der Waals surface area (Å²) in [5.41, 5.74) is 12.1. The molecular formula is C16H17F3N4O. The number of aliphatic hydroxyl groups is 1. The van der Waals surface area contributed by atoms with Crippen molar-refractivity contribution in [3.63, 3.8) is 0 Å². The molecule has 3 rings (SSSR count). The number of halogens is 3. The van der Waals surface area contributed by atoms with E-state index in [1.54, 1.807) is 0 Å². The zero-order chi connectivity index (χ0) is 17.5. The van der Waals surface area contributed by atoms with Crippen molar-refractivity contribution in [2.45, 2.75) is 38.0 Å². The average Bonchev–Trinajstić information content (AvgIpc) is 2.52. The number of nitrogen functional groups attached to an aromatic ring is 2. The molecule has 5 nitrogen and oxygen atoms in total. The second-order valence-corrected chi connectivity index (χ2v) is 5.81. The van der Waals surface area contributed by atoms with Gasteiger partial charge in [-0.1, -0.05) is 12.1 Å². The second-order valence-electron chi connectivity index (χ2n) is 5.81. The second kappa shape index (κ2) is 5.94. The molecule has 5 N–H and O–H groups in total. The van der Waals surface area contributed by atoms with E-state index in [1.807, 2.05) is 0 Å². The number of anilines is 2.